The molecule has 0 atom stereocenters. The summed E-state index contributed by atoms with van der Waals surface area (Å²) in [6.45, 7) is 2.10. The molecule has 1 aromatic carbocycles. The number of nitrogens with zero attached hydrogens (tertiary/aromatic N) is 1. The first-order valence-corrected chi connectivity index (χ1v) is 7.09. The Morgan fingerprint density at radius 1 is 1.24 bits per heavy atom. The summed E-state index contributed by atoms with van der Waals surface area (Å²) in [4.78, 5) is 0.345. The monoisotopic (exact) mass is 254 g/mol. The summed E-state index contributed by atoms with van der Waals surface area (Å²) >= 11 is 0. The van der Waals surface area contributed by atoms with Crippen LogP contribution in [0.4, 0.5) is 5.69 Å². The van der Waals surface area contributed by atoms with Crippen LogP contribution in [0, 0.1) is 0 Å². The molecule has 1 saturated carbocycles. The van der Waals surface area contributed by atoms with Crippen molar-refractivity contribution in [3.8, 4) is 0 Å². The van der Waals surface area contributed by atoms with Gasteiger partial charge in [-0.15, -0.1) is 0 Å². The minimum absolute atomic E-state index is 0.0674. The van der Waals surface area contributed by atoms with Gasteiger partial charge in [-0.05, 0) is 31.9 Å². The molecule has 1 N–H and O–H groups in total. The van der Waals surface area contributed by atoms with E-state index in [4.69, 9.17) is 0 Å². The summed E-state index contributed by atoms with van der Waals surface area (Å²) in [7, 11) is -0.288. The summed E-state index contributed by atoms with van der Waals surface area (Å²) in [6, 6.07) is 7.06. The highest BCUT2D eigenvalue weighted by molar-refractivity contribution is 7.89. The minimum Gasteiger partial charge on any atom is -0.379 e. The first kappa shape index (κ1) is 12.4. The number of benzene rings is 1. The van der Waals surface area contributed by atoms with Crippen LogP contribution in [0.3, 0.4) is 0 Å². The average molecular weight is 254 g/mol. The van der Waals surface area contributed by atoms with Crippen molar-refractivity contribution in [3.63, 3.8) is 0 Å². The molecule has 0 aromatic heterocycles. The maximum atomic E-state index is 12.1. The highest BCUT2D eigenvalue weighted by Gasteiger charge is 2.38. The highest BCUT2D eigenvalue weighted by Crippen LogP contribution is 2.39. The standard InChI is InChI=1S/C12H18N2O2S/c1-12(8-9-12)13-10-6-4-5-7-11(10)17(15,16)14(2)3/h4-7,13H,8-9H2,1-3H3. The first-order chi connectivity index (χ1) is 7.85. The Balaban J connectivity index is 2.40. The molecule has 0 amide bonds. The number of hydrogen-bond acceptors (Lipinski definition) is 3. The molecule has 4 nitrogen and oxygen atoms in total. The van der Waals surface area contributed by atoms with Crippen LogP contribution in [0.15, 0.2) is 29.2 Å². The van der Waals surface area contributed by atoms with Crippen LogP contribution in [-0.2, 0) is 10.0 Å². The number of para-hydroxylation sites is 1. The zero-order valence-electron chi connectivity index (χ0n) is 10.4. The molecule has 94 valence electrons. The molecule has 2 rings (SSSR count). The van der Waals surface area contributed by atoms with Crippen LogP contribution in [0.25, 0.3) is 0 Å². The van der Waals surface area contributed by atoms with Gasteiger partial charge in [0.05, 0.1) is 5.69 Å². The second-order valence-corrected chi connectivity index (χ2v) is 7.09. The maximum absolute atomic E-state index is 12.1. The van der Waals surface area contributed by atoms with E-state index in [1.165, 1.54) is 4.31 Å². The van der Waals surface area contributed by atoms with Crippen molar-refractivity contribution in [2.24, 2.45) is 0 Å². The minimum atomic E-state index is -3.38. The third-order valence-corrected chi connectivity index (χ3v) is 4.96. The first-order valence-electron chi connectivity index (χ1n) is 5.65. The normalized spacial score (nSPS) is 18.1. The molecule has 0 heterocycles. The predicted octanol–water partition coefficient (Wildman–Crippen LogP) is 1.90. The molecule has 0 aliphatic heterocycles. The molecule has 0 unspecified atom stereocenters. The Kier molecular flexibility index (Phi) is 2.91. The third-order valence-electron chi connectivity index (χ3n) is 3.08. The summed E-state index contributed by atoms with van der Waals surface area (Å²) in [5, 5.41) is 3.32. The third kappa shape index (κ3) is 2.45. The number of anilines is 1. The second-order valence-electron chi connectivity index (χ2n) is 4.97. The zero-order chi connectivity index (χ0) is 12.7. The van der Waals surface area contributed by atoms with Gasteiger partial charge in [0.15, 0.2) is 0 Å². The lowest BCUT2D eigenvalue weighted by Crippen LogP contribution is -2.25. The molecule has 1 fully saturated rings. The Bertz CT molecular complexity index is 519. The summed E-state index contributed by atoms with van der Waals surface area (Å²) in [5.41, 5.74) is 0.763. The lowest BCUT2D eigenvalue weighted by molar-refractivity contribution is 0.521. The molecule has 1 aromatic rings. The van der Waals surface area contributed by atoms with Gasteiger partial charge >= 0.3 is 0 Å². The fourth-order valence-corrected chi connectivity index (χ4v) is 2.67. The molecule has 0 saturated heterocycles. The van der Waals surface area contributed by atoms with E-state index in [0.29, 0.717) is 10.6 Å². The van der Waals surface area contributed by atoms with Crippen LogP contribution in [0.1, 0.15) is 19.8 Å². The lowest BCUT2D eigenvalue weighted by atomic mass is 10.2. The topological polar surface area (TPSA) is 49.4 Å². The molecule has 0 radical (unpaired) electrons. The van der Waals surface area contributed by atoms with E-state index in [1.807, 2.05) is 12.1 Å². The van der Waals surface area contributed by atoms with Crippen molar-refractivity contribution in [1.29, 1.82) is 0 Å². The summed E-state index contributed by atoms with van der Waals surface area (Å²) < 4.78 is 25.5. The fraction of sp³-hybridized carbons (Fsp3) is 0.500. The molecular weight excluding hydrogens is 236 g/mol. The van der Waals surface area contributed by atoms with E-state index in [-0.39, 0.29) is 5.54 Å². The van der Waals surface area contributed by atoms with Gasteiger partial charge in [-0.3, -0.25) is 0 Å². The summed E-state index contributed by atoms with van der Waals surface area (Å²) in [6.07, 6.45) is 2.17. The molecule has 1 aliphatic rings. The van der Waals surface area contributed by atoms with Crippen LogP contribution in [0.2, 0.25) is 0 Å². The quantitative estimate of drug-likeness (QED) is 0.893. The number of hydrogen-bond donors (Lipinski definition) is 1. The Morgan fingerprint density at radius 2 is 1.82 bits per heavy atom. The molecule has 17 heavy (non-hydrogen) atoms. The van der Waals surface area contributed by atoms with Crippen LogP contribution in [0.5, 0.6) is 0 Å². The van der Waals surface area contributed by atoms with Crippen LogP contribution in [-0.4, -0.2) is 32.4 Å². The zero-order valence-corrected chi connectivity index (χ0v) is 11.2. The van der Waals surface area contributed by atoms with E-state index in [2.05, 4.69) is 12.2 Å². The van der Waals surface area contributed by atoms with Gasteiger partial charge in [-0.1, -0.05) is 12.1 Å². The van der Waals surface area contributed by atoms with Gasteiger partial charge in [-0.25, -0.2) is 12.7 Å². The smallest absolute Gasteiger partial charge is 0.244 e. The van der Waals surface area contributed by atoms with Gasteiger partial charge in [-0.2, -0.15) is 0 Å². The van der Waals surface area contributed by atoms with Crippen molar-refractivity contribution in [2.45, 2.75) is 30.2 Å². The van der Waals surface area contributed by atoms with Crippen LogP contribution < -0.4 is 5.32 Å². The van der Waals surface area contributed by atoms with Crippen molar-refractivity contribution in [2.75, 3.05) is 19.4 Å². The van der Waals surface area contributed by atoms with Gasteiger partial charge in [0.2, 0.25) is 10.0 Å². The average Bonchev–Trinajstić information content (AvgIpc) is 2.96. The number of rotatable bonds is 4. The van der Waals surface area contributed by atoms with E-state index in [9.17, 15) is 8.42 Å². The predicted molar refractivity (Wildman–Crippen MR) is 68.6 cm³/mol. The van der Waals surface area contributed by atoms with E-state index < -0.39 is 10.0 Å². The molecule has 0 spiro atoms. The number of nitrogens with one attached hydrogen (secondary N) is 1. The van der Waals surface area contributed by atoms with Gasteiger partial charge in [0, 0.05) is 19.6 Å². The molecule has 5 heteroatoms. The maximum Gasteiger partial charge on any atom is 0.244 e. The van der Waals surface area contributed by atoms with Crippen LogP contribution >= 0.6 is 0 Å². The van der Waals surface area contributed by atoms with Gasteiger partial charge in [0.25, 0.3) is 0 Å². The van der Waals surface area contributed by atoms with E-state index in [0.717, 1.165) is 12.8 Å². The van der Waals surface area contributed by atoms with Crippen molar-refractivity contribution >= 4 is 15.7 Å². The molecular formula is C12H18N2O2S. The molecule has 1 aliphatic carbocycles. The summed E-state index contributed by atoms with van der Waals surface area (Å²) in [5.74, 6) is 0. The fourth-order valence-electron chi connectivity index (χ4n) is 1.63. The van der Waals surface area contributed by atoms with E-state index >= 15 is 0 Å². The van der Waals surface area contributed by atoms with E-state index in [1.54, 1.807) is 26.2 Å². The van der Waals surface area contributed by atoms with Crippen molar-refractivity contribution in [1.82, 2.24) is 4.31 Å². The van der Waals surface area contributed by atoms with Gasteiger partial charge < -0.3 is 5.32 Å². The largest absolute Gasteiger partial charge is 0.379 e. The second kappa shape index (κ2) is 3.99. The SMILES string of the molecule is CN(C)S(=O)(=O)c1ccccc1NC1(C)CC1. The molecule has 0 bridgehead atoms. The van der Waals surface area contributed by atoms with Gasteiger partial charge in [0.1, 0.15) is 4.90 Å². The lowest BCUT2D eigenvalue weighted by Gasteiger charge is -2.19. The number of sulfonamides is 1. The Labute approximate surface area is 103 Å². The van der Waals surface area contributed by atoms with Crippen molar-refractivity contribution < 1.29 is 8.42 Å². The Hall–Kier alpha value is -1.07. The van der Waals surface area contributed by atoms with Crippen molar-refractivity contribution in [3.05, 3.63) is 24.3 Å². The highest BCUT2D eigenvalue weighted by atomic mass is 32.2. The Morgan fingerprint density at radius 3 is 2.35 bits per heavy atom.